The van der Waals surface area contributed by atoms with Crippen LogP contribution in [0.1, 0.15) is 94.9 Å². The molecule has 4 rings (SSSR count). The second-order valence-corrected chi connectivity index (χ2v) is 10.7. The average molecular weight is 503 g/mol. The summed E-state index contributed by atoms with van der Waals surface area (Å²) in [4.78, 5) is 27.1. The Balaban J connectivity index is 1.60. The molecule has 0 aromatic heterocycles. The van der Waals surface area contributed by atoms with Crippen LogP contribution in [-0.4, -0.2) is 11.9 Å². The predicted molar refractivity (Wildman–Crippen MR) is 148 cm³/mol. The van der Waals surface area contributed by atoms with Crippen molar-refractivity contribution < 1.29 is 19.1 Å². The van der Waals surface area contributed by atoms with Gasteiger partial charge >= 0.3 is 11.9 Å². The van der Waals surface area contributed by atoms with Crippen molar-refractivity contribution >= 4 is 11.9 Å². The van der Waals surface area contributed by atoms with Crippen molar-refractivity contribution in [2.45, 2.75) is 98.3 Å². The monoisotopic (exact) mass is 502 g/mol. The van der Waals surface area contributed by atoms with Crippen molar-refractivity contribution in [3.63, 3.8) is 0 Å². The van der Waals surface area contributed by atoms with Gasteiger partial charge in [0.05, 0.1) is 11.1 Å². The third kappa shape index (κ3) is 6.17. The average Bonchev–Trinajstić information content (AvgIpc) is 3.50. The number of fused-ring (bicyclic) bond motifs is 2. The first kappa shape index (κ1) is 27.2. The van der Waals surface area contributed by atoms with E-state index in [-0.39, 0.29) is 23.8 Å². The van der Waals surface area contributed by atoms with Crippen LogP contribution in [0.15, 0.2) is 47.5 Å². The molecule has 2 atom stereocenters. The second kappa shape index (κ2) is 12.6. The van der Waals surface area contributed by atoms with Gasteiger partial charge in [-0.1, -0.05) is 77.6 Å². The second-order valence-electron chi connectivity index (χ2n) is 10.7. The highest BCUT2D eigenvalue weighted by Crippen LogP contribution is 2.49. The van der Waals surface area contributed by atoms with Gasteiger partial charge < -0.3 is 9.47 Å². The summed E-state index contributed by atoms with van der Waals surface area (Å²) in [5.41, 5.74) is 5.74. The van der Waals surface area contributed by atoms with Gasteiger partial charge in [0.15, 0.2) is 0 Å². The quantitative estimate of drug-likeness (QED) is 0.220. The Morgan fingerprint density at radius 2 is 1.05 bits per heavy atom. The lowest BCUT2D eigenvalue weighted by Crippen LogP contribution is -2.24. The molecule has 4 nitrogen and oxygen atoms in total. The van der Waals surface area contributed by atoms with Crippen molar-refractivity contribution in [2.24, 2.45) is 11.8 Å². The van der Waals surface area contributed by atoms with E-state index in [0.29, 0.717) is 22.6 Å². The van der Waals surface area contributed by atoms with Crippen LogP contribution in [-0.2, 0) is 35.3 Å². The number of rotatable bonds is 12. The molecule has 0 amide bonds. The lowest BCUT2D eigenvalue weighted by atomic mass is 9.91. The lowest BCUT2D eigenvalue weighted by molar-refractivity contribution is -0.133. The van der Waals surface area contributed by atoms with Gasteiger partial charge in [0.2, 0.25) is 0 Å². The molecular formula is C33H42O4. The van der Waals surface area contributed by atoms with Gasteiger partial charge in [-0.25, -0.2) is 9.59 Å². The van der Waals surface area contributed by atoms with Gasteiger partial charge in [-0.05, 0) is 91.2 Å². The highest BCUT2D eigenvalue weighted by molar-refractivity contribution is 6.04. The molecule has 2 bridgehead atoms. The van der Waals surface area contributed by atoms with E-state index >= 15 is 0 Å². The highest BCUT2D eigenvalue weighted by atomic mass is 16.5. The Kier molecular flexibility index (Phi) is 9.23. The molecule has 2 unspecified atom stereocenters. The van der Waals surface area contributed by atoms with Crippen molar-refractivity contribution in [1.82, 2.24) is 0 Å². The number of esters is 2. The summed E-state index contributed by atoms with van der Waals surface area (Å²) in [6.45, 7) is 8.60. The zero-order chi connectivity index (χ0) is 26.4. The molecule has 0 saturated heterocycles. The highest BCUT2D eigenvalue weighted by Gasteiger charge is 2.46. The number of carbonyl (C=O) groups is 2. The van der Waals surface area contributed by atoms with Crippen LogP contribution in [0.25, 0.3) is 0 Å². The van der Waals surface area contributed by atoms with E-state index in [1.54, 1.807) is 0 Å². The summed E-state index contributed by atoms with van der Waals surface area (Å²) in [5, 5.41) is 0. The maximum Gasteiger partial charge on any atom is 0.340 e. The third-order valence-electron chi connectivity index (χ3n) is 7.75. The molecule has 0 N–H and O–H groups in total. The van der Waals surface area contributed by atoms with Gasteiger partial charge in [-0.15, -0.1) is 0 Å². The molecular weight excluding hydrogens is 460 g/mol. The van der Waals surface area contributed by atoms with Crippen LogP contribution in [0.4, 0.5) is 0 Å². The SMILES string of the molecule is CCCc1ccc(OC(=O)C2=C(C(=O)Oc3ccc(CCC)cc3CCC)C3CCC2C3)c(CCC)c1. The molecule has 37 heavy (non-hydrogen) atoms. The van der Waals surface area contributed by atoms with Gasteiger partial charge in [0.25, 0.3) is 0 Å². The summed E-state index contributed by atoms with van der Waals surface area (Å²) in [7, 11) is 0. The Hall–Kier alpha value is -2.88. The zero-order valence-corrected chi connectivity index (χ0v) is 23.0. The molecule has 2 aromatic carbocycles. The first-order valence-electron chi connectivity index (χ1n) is 14.4. The van der Waals surface area contributed by atoms with Crippen LogP contribution in [0, 0.1) is 11.8 Å². The number of benzene rings is 2. The molecule has 2 aliphatic carbocycles. The third-order valence-corrected chi connectivity index (χ3v) is 7.75. The minimum atomic E-state index is -0.383. The van der Waals surface area contributed by atoms with Gasteiger partial charge in [-0.2, -0.15) is 0 Å². The molecule has 0 aliphatic heterocycles. The Labute approximate surface area is 222 Å². The van der Waals surface area contributed by atoms with Gasteiger partial charge in [-0.3, -0.25) is 0 Å². The molecule has 0 spiro atoms. The van der Waals surface area contributed by atoms with E-state index in [9.17, 15) is 9.59 Å². The molecule has 4 heteroatoms. The molecule has 0 heterocycles. The van der Waals surface area contributed by atoms with E-state index in [0.717, 1.165) is 81.8 Å². The maximum atomic E-state index is 13.5. The van der Waals surface area contributed by atoms with E-state index in [1.165, 1.54) is 11.1 Å². The number of carbonyl (C=O) groups excluding carboxylic acids is 2. The Morgan fingerprint density at radius 1 is 0.649 bits per heavy atom. The Morgan fingerprint density at radius 3 is 1.43 bits per heavy atom. The van der Waals surface area contributed by atoms with Crippen molar-refractivity contribution in [3.05, 3.63) is 69.8 Å². The fourth-order valence-electron chi connectivity index (χ4n) is 6.09. The van der Waals surface area contributed by atoms with Crippen LogP contribution >= 0.6 is 0 Å². The van der Waals surface area contributed by atoms with Crippen LogP contribution < -0.4 is 9.47 Å². The normalized spacial score (nSPS) is 18.4. The molecule has 198 valence electrons. The number of hydrogen-bond donors (Lipinski definition) is 0. The molecule has 1 saturated carbocycles. The fraction of sp³-hybridized carbons (Fsp3) is 0.515. The minimum absolute atomic E-state index is 0.0797. The zero-order valence-electron chi connectivity index (χ0n) is 23.0. The van der Waals surface area contributed by atoms with Crippen LogP contribution in [0.3, 0.4) is 0 Å². The summed E-state index contributed by atoms with van der Waals surface area (Å²) < 4.78 is 12.0. The summed E-state index contributed by atoms with van der Waals surface area (Å²) in [6, 6.07) is 12.3. The minimum Gasteiger partial charge on any atom is -0.423 e. The topological polar surface area (TPSA) is 52.6 Å². The largest absolute Gasteiger partial charge is 0.423 e. The number of hydrogen-bond acceptors (Lipinski definition) is 4. The predicted octanol–water partition coefficient (Wildman–Crippen LogP) is 7.73. The Bertz CT molecular complexity index is 1070. The van der Waals surface area contributed by atoms with Crippen molar-refractivity contribution in [2.75, 3.05) is 0 Å². The van der Waals surface area contributed by atoms with Gasteiger partial charge in [0.1, 0.15) is 11.5 Å². The number of ether oxygens (including phenoxy) is 2. The summed E-state index contributed by atoms with van der Waals surface area (Å²) >= 11 is 0. The maximum absolute atomic E-state index is 13.5. The summed E-state index contributed by atoms with van der Waals surface area (Å²) in [5.74, 6) is 0.628. The van der Waals surface area contributed by atoms with E-state index in [1.807, 2.05) is 24.3 Å². The van der Waals surface area contributed by atoms with E-state index in [4.69, 9.17) is 9.47 Å². The number of aryl methyl sites for hydroxylation is 4. The van der Waals surface area contributed by atoms with E-state index in [2.05, 4.69) is 39.8 Å². The van der Waals surface area contributed by atoms with Gasteiger partial charge in [0, 0.05) is 0 Å². The lowest BCUT2D eigenvalue weighted by Gasteiger charge is -2.20. The molecule has 2 aromatic rings. The smallest absolute Gasteiger partial charge is 0.340 e. The first-order chi connectivity index (χ1) is 18.0. The van der Waals surface area contributed by atoms with Crippen LogP contribution in [0.5, 0.6) is 11.5 Å². The summed E-state index contributed by atoms with van der Waals surface area (Å²) in [6.07, 6.45) is 10.5. The fourth-order valence-corrected chi connectivity index (χ4v) is 6.09. The molecule has 1 fully saturated rings. The molecule has 2 aliphatic rings. The molecule has 0 radical (unpaired) electrons. The first-order valence-corrected chi connectivity index (χ1v) is 14.4. The van der Waals surface area contributed by atoms with Crippen molar-refractivity contribution in [1.29, 1.82) is 0 Å². The van der Waals surface area contributed by atoms with E-state index < -0.39 is 0 Å². The standard InChI is InChI=1S/C33H42O4/c1-5-9-22-13-17-28(24(19-22)11-7-3)36-32(34)30-26-15-16-27(21-26)31(30)33(35)37-29-18-14-23(10-6-2)20-25(29)12-8-4/h13-14,17-20,26-27H,5-12,15-16,21H2,1-4H3. The van der Waals surface area contributed by atoms with Crippen molar-refractivity contribution in [3.8, 4) is 11.5 Å². The van der Waals surface area contributed by atoms with Crippen LogP contribution in [0.2, 0.25) is 0 Å².